The van der Waals surface area contributed by atoms with Crippen LogP contribution in [0.15, 0.2) is 18.2 Å². The number of aliphatic hydroxyl groups excluding tert-OH is 1. The molecular weight excluding hydrogens is 340 g/mol. The Kier molecular flexibility index (Phi) is 5.20. The number of hydrogen-bond acceptors (Lipinski definition) is 7. The number of carbonyl (C=O) groups is 1. The van der Waals surface area contributed by atoms with Crippen LogP contribution in [0, 0.1) is 11.3 Å². The summed E-state index contributed by atoms with van der Waals surface area (Å²) in [5.74, 6) is 0.576. The maximum atomic E-state index is 12.5. The van der Waals surface area contributed by atoms with Gasteiger partial charge >= 0.3 is 0 Å². The van der Waals surface area contributed by atoms with E-state index < -0.39 is 17.7 Å². The van der Waals surface area contributed by atoms with E-state index in [1.54, 1.807) is 32.0 Å². The highest BCUT2D eigenvalue weighted by Crippen LogP contribution is 2.40. The van der Waals surface area contributed by atoms with Crippen LogP contribution in [-0.4, -0.2) is 52.5 Å². The Bertz CT molecular complexity index is 698. The lowest BCUT2D eigenvalue weighted by Gasteiger charge is -2.42. The maximum absolute atomic E-state index is 12.5. The Balaban J connectivity index is 1.81. The number of piperazine rings is 1. The molecule has 2 aliphatic heterocycles. The zero-order valence-electron chi connectivity index (χ0n) is 14.3. The van der Waals surface area contributed by atoms with Crippen LogP contribution in [0.25, 0.3) is 0 Å². The predicted octanol–water partition coefficient (Wildman–Crippen LogP) is 1.39. The molecule has 3 N–H and O–H groups in total. The van der Waals surface area contributed by atoms with E-state index >= 15 is 0 Å². The number of ether oxygens (including phenoxy) is 1. The van der Waals surface area contributed by atoms with Gasteiger partial charge in [0, 0.05) is 43.7 Å². The van der Waals surface area contributed by atoms with Crippen LogP contribution in [0.5, 0.6) is 5.75 Å². The zero-order chi connectivity index (χ0) is 18.0. The molecule has 1 amide bonds. The lowest BCUT2D eigenvalue weighted by Crippen LogP contribution is -2.53. The van der Waals surface area contributed by atoms with E-state index in [0.29, 0.717) is 16.9 Å². The number of hydrogen-bond donors (Lipinski definition) is 3. The number of aliphatic hydroxyl groups is 1. The molecule has 25 heavy (non-hydrogen) atoms. The van der Waals surface area contributed by atoms with Crippen molar-refractivity contribution in [3.8, 4) is 11.8 Å². The van der Waals surface area contributed by atoms with Gasteiger partial charge in [0.1, 0.15) is 17.5 Å². The van der Waals surface area contributed by atoms with Gasteiger partial charge in [-0.3, -0.25) is 4.79 Å². The average Bonchev–Trinajstić information content (AvgIpc) is 2.59. The van der Waals surface area contributed by atoms with E-state index in [1.807, 2.05) is 4.31 Å². The molecule has 0 saturated carbocycles. The van der Waals surface area contributed by atoms with Crippen molar-refractivity contribution in [2.45, 2.75) is 31.6 Å². The van der Waals surface area contributed by atoms with Crippen molar-refractivity contribution in [1.82, 2.24) is 14.9 Å². The van der Waals surface area contributed by atoms with Gasteiger partial charge in [-0.05, 0) is 32.0 Å². The molecule has 0 aromatic heterocycles. The Labute approximate surface area is 151 Å². The molecule has 2 aliphatic rings. The Morgan fingerprint density at radius 3 is 2.88 bits per heavy atom. The van der Waals surface area contributed by atoms with Gasteiger partial charge in [-0.2, -0.15) is 5.26 Å². The van der Waals surface area contributed by atoms with Gasteiger partial charge < -0.3 is 20.5 Å². The first-order chi connectivity index (χ1) is 11.9. The zero-order valence-corrected chi connectivity index (χ0v) is 15.1. The highest BCUT2D eigenvalue weighted by molar-refractivity contribution is 8.11. The molecule has 0 bridgehead atoms. The summed E-state index contributed by atoms with van der Waals surface area (Å²) in [6.07, 6.45) is -0.929. The van der Waals surface area contributed by atoms with Crippen LogP contribution in [0.4, 0.5) is 4.79 Å². The summed E-state index contributed by atoms with van der Waals surface area (Å²) in [5, 5.41) is 25.8. The number of nitrogens with one attached hydrogen (secondary N) is 2. The van der Waals surface area contributed by atoms with Gasteiger partial charge in [0.2, 0.25) is 0 Å². The van der Waals surface area contributed by atoms with E-state index in [-0.39, 0.29) is 5.24 Å². The minimum absolute atomic E-state index is 0.225. The summed E-state index contributed by atoms with van der Waals surface area (Å²) in [4.78, 5) is 12.5. The topological polar surface area (TPSA) is 97.6 Å². The summed E-state index contributed by atoms with van der Waals surface area (Å²) in [5.41, 5.74) is 0.238. The van der Waals surface area contributed by atoms with Gasteiger partial charge in [0.25, 0.3) is 5.24 Å². The van der Waals surface area contributed by atoms with E-state index in [0.717, 1.165) is 38.1 Å². The minimum atomic E-state index is -0.929. The van der Waals surface area contributed by atoms with Gasteiger partial charge in [0.05, 0.1) is 17.7 Å². The summed E-state index contributed by atoms with van der Waals surface area (Å²) in [6.45, 7) is 6.83. The fourth-order valence-corrected chi connectivity index (χ4v) is 3.81. The average molecular weight is 362 g/mol. The first kappa shape index (κ1) is 18.0. The number of carbonyl (C=O) groups excluding carboxylic acids is 1. The predicted molar refractivity (Wildman–Crippen MR) is 95.2 cm³/mol. The second kappa shape index (κ2) is 7.22. The molecule has 1 aromatic carbocycles. The molecular formula is C17H22N4O3S. The monoisotopic (exact) mass is 362 g/mol. The molecule has 0 radical (unpaired) electrons. The minimum Gasteiger partial charge on any atom is -0.485 e. The van der Waals surface area contributed by atoms with Gasteiger partial charge in [-0.1, -0.05) is 0 Å². The quantitative estimate of drug-likeness (QED) is 0.684. The third-order valence-electron chi connectivity index (χ3n) is 4.44. The van der Waals surface area contributed by atoms with Crippen molar-refractivity contribution in [2.75, 3.05) is 26.2 Å². The Morgan fingerprint density at radius 1 is 1.48 bits per heavy atom. The molecule has 1 saturated heterocycles. The van der Waals surface area contributed by atoms with Crippen LogP contribution in [-0.2, 0) is 0 Å². The molecule has 0 aliphatic carbocycles. The molecule has 2 heterocycles. The lowest BCUT2D eigenvalue weighted by atomic mass is 9.86. The summed E-state index contributed by atoms with van der Waals surface area (Å²) < 4.78 is 7.85. The highest BCUT2D eigenvalue weighted by Gasteiger charge is 2.43. The number of rotatable bonds is 2. The molecule has 1 fully saturated rings. The standard InChI is InChI=1S/C17H22N4O3S/c1-17(2)15(22)14(12-9-11(10-18)3-4-13(12)24-17)20-16(23)25-21-7-5-19-6-8-21/h3-4,9,14-15,19,22H,5-8H2,1-2H3,(H,20,23). The van der Waals surface area contributed by atoms with Crippen LogP contribution in [0.1, 0.15) is 31.0 Å². The van der Waals surface area contributed by atoms with Crippen molar-refractivity contribution in [1.29, 1.82) is 5.26 Å². The van der Waals surface area contributed by atoms with E-state index in [1.165, 1.54) is 0 Å². The summed E-state index contributed by atoms with van der Waals surface area (Å²) >= 11 is 1.13. The summed E-state index contributed by atoms with van der Waals surface area (Å²) in [6, 6.07) is 6.49. The Hall–Kier alpha value is -1.79. The number of nitrogens with zero attached hydrogens (tertiary/aromatic N) is 2. The smallest absolute Gasteiger partial charge is 0.294 e. The SMILES string of the molecule is CC1(C)Oc2ccc(C#N)cc2C(NC(=O)SN2CCNCC2)C1O. The molecule has 2 unspecified atom stereocenters. The van der Waals surface area contributed by atoms with Gasteiger partial charge in [0.15, 0.2) is 0 Å². The van der Waals surface area contributed by atoms with E-state index in [2.05, 4.69) is 16.7 Å². The normalized spacial score (nSPS) is 25.4. The van der Waals surface area contributed by atoms with Crippen molar-refractivity contribution in [3.05, 3.63) is 29.3 Å². The lowest BCUT2D eigenvalue weighted by molar-refractivity contribution is -0.0616. The van der Waals surface area contributed by atoms with Crippen LogP contribution in [0.2, 0.25) is 0 Å². The fourth-order valence-electron chi connectivity index (χ4n) is 3.03. The van der Waals surface area contributed by atoms with Gasteiger partial charge in [-0.15, -0.1) is 0 Å². The molecule has 134 valence electrons. The first-order valence-corrected chi connectivity index (χ1v) is 9.03. The molecule has 0 spiro atoms. The third-order valence-corrected chi connectivity index (χ3v) is 5.34. The fraction of sp³-hybridized carbons (Fsp3) is 0.529. The maximum Gasteiger partial charge on any atom is 0.294 e. The second-order valence-corrected chi connectivity index (χ2v) is 7.76. The Morgan fingerprint density at radius 2 is 2.20 bits per heavy atom. The molecule has 1 aromatic rings. The highest BCUT2D eigenvalue weighted by atomic mass is 32.2. The number of amides is 1. The largest absolute Gasteiger partial charge is 0.485 e. The van der Waals surface area contributed by atoms with E-state index in [4.69, 9.17) is 10.00 Å². The first-order valence-electron chi connectivity index (χ1n) is 8.26. The van der Waals surface area contributed by atoms with Gasteiger partial charge in [-0.25, -0.2) is 4.31 Å². The number of nitriles is 1. The van der Waals surface area contributed by atoms with Crippen molar-refractivity contribution < 1.29 is 14.6 Å². The van der Waals surface area contributed by atoms with Crippen LogP contribution >= 0.6 is 11.9 Å². The van der Waals surface area contributed by atoms with Crippen LogP contribution in [0.3, 0.4) is 0 Å². The molecule has 7 nitrogen and oxygen atoms in total. The molecule has 8 heteroatoms. The molecule has 3 rings (SSSR count). The third kappa shape index (κ3) is 3.90. The van der Waals surface area contributed by atoms with Crippen molar-refractivity contribution in [2.24, 2.45) is 0 Å². The number of benzene rings is 1. The second-order valence-electron chi connectivity index (χ2n) is 6.69. The number of fused-ring (bicyclic) bond motifs is 1. The van der Waals surface area contributed by atoms with E-state index in [9.17, 15) is 9.90 Å². The van der Waals surface area contributed by atoms with Crippen molar-refractivity contribution in [3.63, 3.8) is 0 Å². The summed E-state index contributed by atoms with van der Waals surface area (Å²) in [7, 11) is 0. The molecule has 2 atom stereocenters. The van der Waals surface area contributed by atoms with Crippen molar-refractivity contribution >= 4 is 17.2 Å². The van der Waals surface area contributed by atoms with Crippen LogP contribution < -0.4 is 15.4 Å².